The van der Waals surface area contributed by atoms with Gasteiger partial charge >= 0.3 is 0 Å². The van der Waals surface area contributed by atoms with Gasteiger partial charge in [0.05, 0.1) is 12.1 Å². The van der Waals surface area contributed by atoms with Crippen LogP contribution in [0.25, 0.3) is 0 Å². The van der Waals surface area contributed by atoms with Crippen LogP contribution in [0, 0.1) is 0 Å². The van der Waals surface area contributed by atoms with E-state index in [2.05, 4.69) is 15.2 Å². The average Bonchev–Trinajstić information content (AvgIpc) is 2.82. The number of hydrogen-bond donors (Lipinski definition) is 1. The molecule has 0 spiro atoms. The molecule has 0 unspecified atom stereocenters. The second-order valence-corrected chi connectivity index (χ2v) is 4.31. The molecule has 0 saturated carbocycles. The third-order valence-electron chi connectivity index (χ3n) is 2.61. The highest BCUT2D eigenvalue weighted by Crippen LogP contribution is 2.19. The van der Waals surface area contributed by atoms with Crippen molar-refractivity contribution in [3.63, 3.8) is 0 Å². The number of likely N-dealkylation sites (N-methyl/N-ethyl adjacent to an activating group) is 1. The molecule has 0 bridgehead atoms. The standard InChI is InChI=1S/C13H19N3O/c1-16(2)9-10-17-12-6-4-3-5-11(12)13-14-7-8-15-13/h3-6H,7-10H2,1-2H3,(H,14,15). The van der Waals surface area contributed by atoms with Crippen LogP contribution < -0.4 is 10.1 Å². The summed E-state index contributed by atoms with van der Waals surface area (Å²) in [5.41, 5.74) is 1.06. The third kappa shape index (κ3) is 3.20. The quantitative estimate of drug-likeness (QED) is 0.823. The van der Waals surface area contributed by atoms with Gasteiger partial charge in [0.25, 0.3) is 0 Å². The molecule has 0 fully saturated rings. The first-order valence-electron chi connectivity index (χ1n) is 5.92. The maximum Gasteiger partial charge on any atom is 0.132 e. The van der Waals surface area contributed by atoms with Gasteiger partial charge in [-0.3, -0.25) is 4.99 Å². The van der Waals surface area contributed by atoms with E-state index >= 15 is 0 Å². The molecule has 0 radical (unpaired) electrons. The Kier molecular flexibility index (Phi) is 3.98. The smallest absolute Gasteiger partial charge is 0.132 e. The topological polar surface area (TPSA) is 36.9 Å². The SMILES string of the molecule is CN(C)CCOc1ccccc1C1=NCCN1. The van der Waals surface area contributed by atoms with E-state index in [4.69, 9.17) is 4.74 Å². The Morgan fingerprint density at radius 2 is 2.18 bits per heavy atom. The van der Waals surface area contributed by atoms with Crippen LogP contribution in [0.2, 0.25) is 0 Å². The van der Waals surface area contributed by atoms with Crippen LogP contribution in [0.4, 0.5) is 0 Å². The number of amidine groups is 1. The number of aliphatic imine (C=N–C) groups is 1. The summed E-state index contributed by atoms with van der Waals surface area (Å²) >= 11 is 0. The van der Waals surface area contributed by atoms with Crippen molar-refractivity contribution in [2.75, 3.05) is 40.3 Å². The molecule has 0 saturated heterocycles. The first kappa shape index (κ1) is 11.9. The van der Waals surface area contributed by atoms with Crippen LogP contribution in [0.1, 0.15) is 5.56 Å². The van der Waals surface area contributed by atoms with E-state index in [9.17, 15) is 0 Å². The van der Waals surface area contributed by atoms with Crippen LogP contribution in [-0.4, -0.2) is 51.1 Å². The van der Waals surface area contributed by atoms with E-state index in [0.29, 0.717) is 6.61 Å². The number of nitrogens with zero attached hydrogens (tertiary/aromatic N) is 2. The molecule has 2 rings (SSSR count). The van der Waals surface area contributed by atoms with E-state index in [0.717, 1.165) is 36.8 Å². The van der Waals surface area contributed by atoms with Gasteiger partial charge in [-0.25, -0.2) is 0 Å². The van der Waals surface area contributed by atoms with Crippen LogP contribution in [0.15, 0.2) is 29.3 Å². The minimum absolute atomic E-state index is 0.692. The van der Waals surface area contributed by atoms with Crippen molar-refractivity contribution in [1.82, 2.24) is 10.2 Å². The molecule has 1 heterocycles. The fourth-order valence-corrected chi connectivity index (χ4v) is 1.70. The Morgan fingerprint density at radius 3 is 2.88 bits per heavy atom. The molecule has 1 aliphatic rings. The lowest BCUT2D eigenvalue weighted by Crippen LogP contribution is -2.22. The molecule has 0 aliphatic carbocycles. The summed E-state index contributed by atoms with van der Waals surface area (Å²) in [5.74, 6) is 1.85. The van der Waals surface area contributed by atoms with Crippen molar-refractivity contribution in [2.45, 2.75) is 0 Å². The van der Waals surface area contributed by atoms with Gasteiger partial charge in [0.2, 0.25) is 0 Å². The van der Waals surface area contributed by atoms with Gasteiger partial charge in [-0.1, -0.05) is 12.1 Å². The Balaban J connectivity index is 2.05. The van der Waals surface area contributed by atoms with Crippen molar-refractivity contribution < 1.29 is 4.74 Å². The van der Waals surface area contributed by atoms with Gasteiger partial charge in [-0.15, -0.1) is 0 Å². The summed E-state index contributed by atoms with van der Waals surface area (Å²) in [7, 11) is 4.08. The maximum absolute atomic E-state index is 5.80. The number of ether oxygens (including phenoxy) is 1. The van der Waals surface area contributed by atoms with Gasteiger partial charge in [0, 0.05) is 13.1 Å². The van der Waals surface area contributed by atoms with Crippen molar-refractivity contribution in [3.8, 4) is 5.75 Å². The minimum Gasteiger partial charge on any atom is -0.491 e. The lowest BCUT2D eigenvalue weighted by atomic mass is 10.2. The zero-order valence-corrected chi connectivity index (χ0v) is 10.4. The molecule has 1 aromatic rings. The van der Waals surface area contributed by atoms with Crippen LogP contribution in [-0.2, 0) is 0 Å². The third-order valence-corrected chi connectivity index (χ3v) is 2.61. The number of hydrogen-bond acceptors (Lipinski definition) is 4. The fraction of sp³-hybridized carbons (Fsp3) is 0.462. The summed E-state index contributed by atoms with van der Waals surface area (Å²) in [5, 5.41) is 3.27. The second-order valence-electron chi connectivity index (χ2n) is 4.31. The zero-order valence-electron chi connectivity index (χ0n) is 10.4. The second kappa shape index (κ2) is 5.68. The fourth-order valence-electron chi connectivity index (χ4n) is 1.70. The monoisotopic (exact) mass is 233 g/mol. The molecule has 0 aromatic heterocycles. The highest BCUT2D eigenvalue weighted by Gasteiger charge is 2.12. The first-order valence-corrected chi connectivity index (χ1v) is 5.92. The van der Waals surface area contributed by atoms with Crippen molar-refractivity contribution >= 4 is 5.84 Å². The molecule has 1 aliphatic heterocycles. The molecule has 1 N–H and O–H groups in total. The number of para-hydroxylation sites is 1. The summed E-state index contributed by atoms with van der Waals surface area (Å²) in [6.45, 7) is 3.37. The molecule has 0 amide bonds. The maximum atomic E-state index is 5.80. The normalized spacial score (nSPS) is 14.6. The first-order chi connectivity index (χ1) is 8.27. The Labute approximate surface area is 102 Å². The zero-order chi connectivity index (χ0) is 12.1. The average molecular weight is 233 g/mol. The van der Waals surface area contributed by atoms with E-state index in [1.165, 1.54) is 0 Å². The number of benzene rings is 1. The molecular weight excluding hydrogens is 214 g/mol. The highest BCUT2D eigenvalue weighted by atomic mass is 16.5. The molecule has 92 valence electrons. The molecule has 0 atom stereocenters. The van der Waals surface area contributed by atoms with Gasteiger partial charge in [-0.05, 0) is 26.2 Å². The predicted octanol–water partition coefficient (Wildman–Crippen LogP) is 0.977. The summed E-state index contributed by atoms with van der Waals surface area (Å²) < 4.78 is 5.80. The highest BCUT2D eigenvalue weighted by molar-refractivity contribution is 6.02. The van der Waals surface area contributed by atoms with Crippen LogP contribution in [0.3, 0.4) is 0 Å². The van der Waals surface area contributed by atoms with Crippen molar-refractivity contribution in [2.24, 2.45) is 4.99 Å². The molecule has 1 aromatic carbocycles. The molecule has 4 nitrogen and oxygen atoms in total. The minimum atomic E-state index is 0.692. The van der Waals surface area contributed by atoms with E-state index in [1.54, 1.807) is 0 Å². The Morgan fingerprint density at radius 1 is 1.35 bits per heavy atom. The van der Waals surface area contributed by atoms with E-state index < -0.39 is 0 Å². The van der Waals surface area contributed by atoms with Gasteiger partial charge < -0.3 is 15.0 Å². The molecule has 17 heavy (non-hydrogen) atoms. The van der Waals surface area contributed by atoms with Crippen LogP contribution in [0.5, 0.6) is 5.75 Å². The van der Waals surface area contributed by atoms with Crippen molar-refractivity contribution in [1.29, 1.82) is 0 Å². The largest absolute Gasteiger partial charge is 0.491 e. The lowest BCUT2D eigenvalue weighted by Gasteiger charge is -2.14. The van der Waals surface area contributed by atoms with Gasteiger partial charge in [0.1, 0.15) is 18.2 Å². The summed E-state index contributed by atoms with van der Waals surface area (Å²) in [6.07, 6.45) is 0. The summed E-state index contributed by atoms with van der Waals surface area (Å²) in [6, 6.07) is 8.04. The van der Waals surface area contributed by atoms with Crippen LogP contribution >= 0.6 is 0 Å². The number of rotatable bonds is 5. The van der Waals surface area contributed by atoms with Gasteiger partial charge in [-0.2, -0.15) is 0 Å². The lowest BCUT2D eigenvalue weighted by molar-refractivity contribution is 0.261. The van der Waals surface area contributed by atoms with E-state index in [-0.39, 0.29) is 0 Å². The van der Waals surface area contributed by atoms with E-state index in [1.807, 2.05) is 38.4 Å². The Hall–Kier alpha value is -1.55. The summed E-state index contributed by atoms with van der Waals surface area (Å²) in [4.78, 5) is 6.53. The predicted molar refractivity (Wildman–Crippen MR) is 69.9 cm³/mol. The Bertz CT molecular complexity index is 401. The molecule has 4 heteroatoms. The number of nitrogens with one attached hydrogen (secondary N) is 1. The van der Waals surface area contributed by atoms with Crippen molar-refractivity contribution in [3.05, 3.63) is 29.8 Å². The van der Waals surface area contributed by atoms with Gasteiger partial charge in [0.15, 0.2) is 0 Å². The molecular formula is C13H19N3O.